The lowest BCUT2D eigenvalue weighted by Crippen LogP contribution is -2.43. The molecule has 0 aliphatic carbocycles. The minimum absolute atomic E-state index is 0.131. The van der Waals surface area contributed by atoms with Gasteiger partial charge in [0.25, 0.3) is 0 Å². The molecule has 0 bridgehead atoms. The van der Waals surface area contributed by atoms with Crippen molar-refractivity contribution in [2.75, 3.05) is 31.1 Å². The minimum Gasteiger partial charge on any atom is -0.392 e. The number of hydrogen-bond donors (Lipinski definition) is 2. The summed E-state index contributed by atoms with van der Waals surface area (Å²) in [5, 5.41) is 12.6. The number of hydrogen-bond acceptors (Lipinski definition) is 3. The summed E-state index contributed by atoms with van der Waals surface area (Å²) in [6, 6.07) is 6.15. The van der Waals surface area contributed by atoms with Crippen LogP contribution < -0.4 is 10.2 Å². The van der Waals surface area contributed by atoms with E-state index in [1.54, 1.807) is 0 Å². The first-order valence-electron chi connectivity index (χ1n) is 5.48. The molecule has 2 N–H and O–H groups in total. The Hall–Kier alpha value is -1.06. The first kappa shape index (κ1) is 10.5. The van der Waals surface area contributed by atoms with E-state index < -0.39 is 0 Å². The molecule has 2 rings (SSSR count). The summed E-state index contributed by atoms with van der Waals surface area (Å²) in [6.07, 6.45) is 0. The molecule has 0 saturated carbocycles. The van der Waals surface area contributed by atoms with Gasteiger partial charge in [-0.3, -0.25) is 0 Å². The van der Waals surface area contributed by atoms with Crippen molar-refractivity contribution in [3.05, 3.63) is 29.3 Å². The van der Waals surface area contributed by atoms with Crippen molar-refractivity contribution in [1.82, 2.24) is 5.32 Å². The molecule has 3 heteroatoms. The summed E-state index contributed by atoms with van der Waals surface area (Å²) in [5.41, 5.74) is 3.51. The van der Waals surface area contributed by atoms with E-state index in [0.717, 1.165) is 31.7 Å². The number of aliphatic hydroxyl groups is 1. The number of piperazine rings is 1. The van der Waals surface area contributed by atoms with Crippen molar-refractivity contribution in [2.45, 2.75) is 13.5 Å². The lowest BCUT2D eigenvalue weighted by molar-refractivity contribution is 0.281. The van der Waals surface area contributed by atoms with Gasteiger partial charge in [0.1, 0.15) is 0 Å². The van der Waals surface area contributed by atoms with Crippen LogP contribution in [0, 0.1) is 6.92 Å². The van der Waals surface area contributed by atoms with Crippen molar-refractivity contribution in [3.63, 3.8) is 0 Å². The Bertz CT molecular complexity index is 332. The van der Waals surface area contributed by atoms with Gasteiger partial charge >= 0.3 is 0 Å². The number of nitrogens with zero attached hydrogens (tertiary/aromatic N) is 1. The Morgan fingerprint density at radius 1 is 1.33 bits per heavy atom. The van der Waals surface area contributed by atoms with Crippen molar-refractivity contribution < 1.29 is 5.11 Å². The van der Waals surface area contributed by atoms with Gasteiger partial charge in [0.2, 0.25) is 0 Å². The molecule has 1 saturated heterocycles. The van der Waals surface area contributed by atoms with E-state index in [2.05, 4.69) is 23.2 Å². The second kappa shape index (κ2) is 4.64. The first-order chi connectivity index (χ1) is 7.33. The number of benzene rings is 1. The van der Waals surface area contributed by atoms with E-state index in [9.17, 15) is 5.11 Å². The van der Waals surface area contributed by atoms with E-state index in [1.807, 2.05) is 12.1 Å². The topological polar surface area (TPSA) is 35.5 Å². The van der Waals surface area contributed by atoms with Crippen LogP contribution in [0.3, 0.4) is 0 Å². The van der Waals surface area contributed by atoms with E-state index >= 15 is 0 Å². The summed E-state index contributed by atoms with van der Waals surface area (Å²) < 4.78 is 0. The van der Waals surface area contributed by atoms with Gasteiger partial charge in [0, 0.05) is 31.9 Å². The molecule has 0 radical (unpaired) electrons. The van der Waals surface area contributed by atoms with Crippen LogP contribution in [0.5, 0.6) is 0 Å². The summed E-state index contributed by atoms with van der Waals surface area (Å²) in [5.74, 6) is 0. The maximum absolute atomic E-state index is 9.21. The molecule has 0 aromatic heterocycles. The molecule has 0 unspecified atom stereocenters. The third kappa shape index (κ3) is 2.13. The second-order valence-electron chi connectivity index (χ2n) is 3.96. The molecule has 0 spiro atoms. The average molecular weight is 206 g/mol. The molecule has 0 amide bonds. The lowest BCUT2D eigenvalue weighted by atomic mass is 10.1. The molecule has 0 atom stereocenters. The summed E-state index contributed by atoms with van der Waals surface area (Å²) in [7, 11) is 0. The van der Waals surface area contributed by atoms with E-state index in [-0.39, 0.29) is 6.61 Å². The lowest BCUT2D eigenvalue weighted by Gasteiger charge is -2.31. The van der Waals surface area contributed by atoms with Gasteiger partial charge in [-0.05, 0) is 24.1 Å². The molecule has 1 aromatic rings. The summed E-state index contributed by atoms with van der Waals surface area (Å²) >= 11 is 0. The smallest absolute Gasteiger partial charge is 0.0685 e. The monoisotopic (exact) mass is 206 g/mol. The van der Waals surface area contributed by atoms with Crippen molar-refractivity contribution in [1.29, 1.82) is 0 Å². The highest BCUT2D eigenvalue weighted by Gasteiger charge is 2.13. The van der Waals surface area contributed by atoms with Gasteiger partial charge in [0.05, 0.1) is 6.61 Å². The van der Waals surface area contributed by atoms with Gasteiger partial charge in [-0.25, -0.2) is 0 Å². The third-order valence-corrected chi connectivity index (χ3v) is 3.05. The van der Waals surface area contributed by atoms with E-state index in [4.69, 9.17) is 0 Å². The highest BCUT2D eigenvalue weighted by molar-refractivity contribution is 5.56. The molecule has 1 heterocycles. The van der Waals surface area contributed by atoms with Crippen molar-refractivity contribution in [2.24, 2.45) is 0 Å². The van der Waals surface area contributed by atoms with Crippen LogP contribution >= 0.6 is 0 Å². The van der Waals surface area contributed by atoms with Gasteiger partial charge in [-0.1, -0.05) is 12.1 Å². The Morgan fingerprint density at radius 2 is 2.07 bits per heavy atom. The maximum Gasteiger partial charge on any atom is 0.0685 e. The van der Waals surface area contributed by atoms with Crippen LogP contribution in [0.4, 0.5) is 5.69 Å². The fraction of sp³-hybridized carbons (Fsp3) is 0.500. The predicted octanol–water partition coefficient (Wildman–Crippen LogP) is 0.897. The summed E-state index contributed by atoms with van der Waals surface area (Å²) in [6.45, 7) is 6.41. The Morgan fingerprint density at radius 3 is 2.73 bits per heavy atom. The molecule has 1 fully saturated rings. The van der Waals surface area contributed by atoms with Crippen LogP contribution in [0.25, 0.3) is 0 Å². The van der Waals surface area contributed by atoms with Gasteiger partial charge < -0.3 is 15.3 Å². The molecule has 1 aliphatic heterocycles. The van der Waals surface area contributed by atoms with Crippen LogP contribution in [0.1, 0.15) is 11.1 Å². The molecule has 1 aliphatic rings. The van der Waals surface area contributed by atoms with Crippen molar-refractivity contribution >= 4 is 5.69 Å². The quantitative estimate of drug-likeness (QED) is 0.754. The molecular formula is C12H18N2O. The van der Waals surface area contributed by atoms with Crippen molar-refractivity contribution in [3.8, 4) is 0 Å². The fourth-order valence-corrected chi connectivity index (χ4v) is 2.09. The van der Waals surface area contributed by atoms with Gasteiger partial charge in [-0.2, -0.15) is 0 Å². The largest absolute Gasteiger partial charge is 0.392 e. The van der Waals surface area contributed by atoms with E-state index in [1.165, 1.54) is 11.3 Å². The minimum atomic E-state index is 0.131. The summed E-state index contributed by atoms with van der Waals surface area (Å²) in [4.78, 5) is 2.38. The normalized spacial score (nSPS) is 16.8. The zero-order valence-electron chi connectivity index (χ0n) is 9.16. The van der Waals surface area contributed by atoms with Crippen LogP contribution in [-0.4, -0.2) is 31.3 Å². The van der Waals surface area contributed by atoms with Crippen LogP contribution in [0.2, 0.25) is 0 Å². The van der Waals surface area contributed by atoms with Crippen LogP contribution in [-0.2, 0) is 6.61 Å². The SMILES string of the molecule is Cc1c(CO)cccc1N1CCNCC1. The van der Waals surface area contributed by atoms with E-state index in [0.29, 0.717) is 0 Å². The third-order valence-electron chi connectivity index (χ3n) is 3.05. The zero-order valence-corrected chi connectivity index (χ0v) is 9.16. The number of rotatable bonds is 2. The fourth-order valence-electron chi connectivity index (χ4n) is 2.09. The standard InChI is InChI=1S/C12H18N2O/c1-10-11(9-15)3-2-4-12(10)14-7-5-13-6-8-14/h2-4,13,15H,5-9H2,1H3. The van der Waals surface area contributed by atoms with Gasteiger partial charge in [-0.15, -0.1) is 0 Å². The average Bonchev–Trinajstić information content (AvgIpc) is 2.30. The Balaban J connectivity index is 2.26. The highest BCUT2D eigenvalue weighted by atomic mass is 16.3. The second-order valence-corrected chi connectivity index (χ2v) is 3.96. The first-order valence-corrected chi connectivity index (χ1v) is 5.48. The number of aliphatic hydroxyl groups excluding tert-OH is 1. The molecular weight excluding hydrogens is 188 g/mol. The highest BCUT2D eigenvalue weighted by Crippen LogP contribution is 2.23. The molecule has 82 valence electrons. The maximum atomic E-state index is 9.21. The van der Waals surface area contributed by atoms with Crippen LogP contribution in [0.15, 0.2) is 18.2 Å². The predicted molar refractivity (Wildman–Crippen MR) is 62.2 cm³/mol. The number of anilines is 1. The zero-order chi connectivity index (χ0) is 10.7. The van der Waals surface area contributed by atoms with Gasteiger partial charge in [0.15, 0.2) is 0 Å². The number of nitrogens with one attached hydrogen (secondary N) is 1. The molecule has 3 nitrogen and oxygen atoms in total. The molecule has 1 aromatic carbocycles. The Labute approximate surface area is 90.7 Å². The molecule has 15 heavy (non-hydrogen) atoms. The Kier molecular flexibility index (Phi) is 3.23.